The van der Waals surface area contributed by atoms with Gasteiger partial charge in [0.25, 0.3) is 0 Å². The Labute approximate surface area is 364 Å². The third kappa shape index (κ3) is 5.63. The highest BCUT2D eigenvalue weighted by Crippen LogP contribution is 2.68. The highest BCUT2D eigenvalue weighted by atomic mass is 15.4. The molecule has 0 spiro atoms. The van der Waals surface area contributed by atoms with Crippen LogP contribution in [-0.2, 0) is 0 Å². The van der Waals surface area contributed by atoms with Gasteiger partial charge in [-0.2, -0.15) is 4.99 Å². The Kier molecular flexibility index (Phi) is 8.86. The molecule has 0 radical (unpaired) electrons. The first-order valence-electron chi connectivity index (χ1n) is 24.3. The molecular weight excluding hydrogens is 743 g/mol. The lowest BCUT2D eigenvalue weighted by Crippen LogP contribution is -2.57. The minimum atomic E-state index is -0.183. The van der Waals surface area contributed by atoms with E-state index in [1.54, 1.807) is 16.8 Å². The van der Waals surface area contributed by atoms with Crippen LogP contribution in [0.3, 0.4) is 0 Å². The normalized spacial score (nSPS) is 36.4. The SMILES string of the molecule is CC1CC=C(C2=NC(n3c(C4=CC=CCC4C)c(C4=C(C5=CC6CCC5C6)N(C5CC6CCC5C6)C5(C)CC=CCC45C)c4ccccc43)=NC(c3ccccc3)N2C)CC1. The summed E-state index contributed by atoms with van der Waals surface area (Å²) in [6.07, 6.45) is 33.5. The van der Waals surface area contributed by atoms with Gasteiger partial charge in [0.1, 0.15) is 5.84 Å². The molecule has 5 nitrogen and oxygen atoms in total. The van der Waals surface area contributed by atoms with Crippen LogP contribution in [0.2, 0.25) is 0 Å². The summed E-state index contributed by atoms with van der Waals surface area (Å²) in [7, 11) is 2.22. The van der Waals surface area contributed by atoms with E-state index in [0.29, 0.717) is 23.8 Å². The number of para-hydroxylation sites is 1. The fourth-order valence-electron chi connectivity index (χ4n) is 14.3. The zero-order valence-electron chi connectivity index (χ0n) is 37.3. The average Bonchev–Trinajstić information content (AvgIpc) is 4.15. The van der Waals surface area contributed by atoms with Crippen LogP contribution in [0.1, 0.15) is 134 Å². The predicted molar refractivity (Wildman–Crippen MR) is 253 cm³/mol. The maximum Gasteiger partial charge on any atom is 0.234 e. The maximum atomic E-state index is 5.77. The Balaban J connectivity index is 1.18. The highest BCUT2D eigenvalue weighted by molar-refractivity contribution is 6.13. The highest BCUT2D eigenvalue weighted by Gasteiger charge is 2.63. The molecule has 3 heterocycles. The van der Waals surface area contributed by atoms with Crippen LogP contribution in [0.15, 0.2) is 124 Å². The summed E-state index contributed by atoms with van der Waals surface area (Å²) < 4.78 is 2.56. The lowest BCUT2D eigenvalue weighted by Gasteiger charge is -2.53. The first-order valence-corrected chi connectivity index (χ1v) is 24.3. The smallest absolute Gasteiger partial charge is 0.234 e. The number of aliphatic imine (C=N–C) groups is 2. The number of rotatable bonds is 6. The van der Waals surface area contributed by atoms with Gasteiger partial charge >= 0.3 is 0 Å². The quantitative estimate of drug-likeness (QED) is 0.233. The molecule has 1 aromatic heterocycles. The summed E-state index contributed by atoms with van der Waals surface area (Å²) in [4.78, 5) is 17.0. The number of aromatic nitrogens is 1. The van der Waals surface area contributed by atoms with E-state index < -0.39 is 0 Å². The fourth-order valence-corrected chi connectivity index (χ4v) is 14.3. The minimum absolute atomic E-state index is 0.0173. The van der Waals surface area contributed by atoms with Gasteiger partial charge in [0.15, 0.2) is 6.17 Å². The van der Waals surface area contributed by atoms with Crippen molar-refractivity contribution in [3.63, 3.8) is 0 Å². The molecule has 12 rings (SSSR count). The van der Waals surface area contributed by atoms with Crippen LogP contribution in [0.5, 0.6) is 0 Å². The lowest BCUT2D eigenvalue weighted by molar-refractivity contribution is 0.0192. The molecule has 9 aliphatic rings. The predicted octanol–water partition coefficient (Wildman–Crippen LogP) is 13.3. The van der Waals surface area contributed by atoms with Crippen LogP contribution < -0.4 is 0 Å². The van der Waals surface area contributed by atoms with E-state index in [2.05, 4.69) is 146 Å². The molecule has 0 saturated heterocycles. The zero-order chi connectivity index (χ0) is 41.2. The first kappa shape index (κ1) is 38.1. The lowest BCUT2D eigenvalue weighted by atomic mass is 9.61. The summed E-state index contributed by atoms with van der Waals surface area (Å²) in [5.74, 6) is 6.02. The van der Waals surface area contributed by atoms with Crippen LogP contribution in [0.25, 0.3) is 22.0 Å². The molecule has 314 valence electrons. The van der Waals surface area contributed by atoms with Crippen LogP contribution in [-0.4, -0.2) is 44.8 Å². The molecule has 4 bridgehead atoms. The third-order valence-electron chi connectivity index (χ3n) is 17.8. The van der Waals surface area contributed by atoms with Crippen LogP contribution in [0.4, 0.5) is 0 Å². The fraction of sp³-hybridized carbons (Fsp3) is 0.500. The Morgan fingerprint density at radius 3 is 2.38 bits per heavy atom. The molecule has 3 aromatic rings. The van der Waals surface area contributed by atoms with Gasteiger partial charge in [-0.15, -0.1) is 0 Å². The van der Waals surface area contributed by atoms with Gasteiger partial charge in [-0.25, -0.2) is 4.99 Å². The van der Waals surface area contributed by atoms with Crippen LogP contribution in [0, 0.1) is 40.9 Å². The van der Waals surface area contributed by atoms with Crippen molar-refractivity contribution in [2.45, 2.75) is 129 Å². The number of likely N-dealkylation sites (N-methyl/N-ethyl adjacent to an activating group) is 1. The van der Waals surface area contributed by atoms with Gasteiger partial charge in [-0.3, -0.25) is 4.57 Å². The minimum Gasteiger partial charge on any atom is -0.361 e. The largest absolute Gasteiger partial charge is 0.361 e. The molecule has 3 saturated carbocycles. The second-order valence-corrected chi connectivity index (χ2v) is 21.3. The van der Waals surface area contributed by atoms with Gasteiger partial charge in [0.2, 0.25) is 5.96 Å². The Morgan fingerprint density at radius 2 is 1.64 bits per heavy atom. The van der Waals surface area contributed by atoms with E-state index in [9.17, 15) is 0 Å². The molecule has 5 heteroatoms. The molecule has 61 heavy (non-hydrogen) atoms. The number of hydrogen-bond acceptors (Lipinski definition) is 4. The summed E-state index contributed by atoms with van der Waals surface area (Å²) in [5.41, 5.74) is 12.8. The van der Waals surface area contributed by atoms with Gasteiger partial charge in [-0.1, -0.05) is 118 Å². The van der Waals surface area contributed by atoms with Crippen molar-refractivity contribution in [1.29, 1.82) is 0 Å². The van der Waals surface area contributed by atoms with Gasteiger partial charge in [-0.05, 0) is 153 Å². The van der Waals surface area contributed by atoms with E-state index in [0.717, 1.165) is 61.7 Å². The van der Waals surface area contributed by atoms with Crippen molar-refractivity contribution < 1.29 is 0 Å². The van der Waals surface area contributed by atoms with E-state index in [1.165, 1.54) is 90.2 Å². The molecule has 7 aliphatic carbocycles. The molecule has 2 aliphatic heterocycles. The summed E-state index contributed by atoms with van der Waals surface area (Å²) in [6, 6.07) is 20.9. The molecular formula is C56H65N5. The third-order valence-corrected chi connectivity index (χ3v) is 17.8. The molecule has 3 fully saturated rings. The Hall–Kier alpha value is -4.64. The van der Waals surface area contributed by atoms with E-state index >= 15 is 0 Å². The van der Waals surface area contributed by atoms with Crippen molar-refractivity contribution in [2.75, 3.05) is 7.05 Å². The number of hydrogen-bond donors (Lipinski definition) is 0. The Morgan fingerprint density at radius 1 is 0.803 bits per heavy atom. The van der Waals surface area contributed by atoms with Crippen molar-refractivity contribution in [1.82, 2.24) is 14.4 Å². The molecule has 0 amide bonds. The van der Waals surface area contributed by atoms with Crippen molar-refractivity contribution in [3.05, 3.63) is 131 Å². The molecule has 0 N–H and O–H groups in total. The average molecular weight is 808 g/mol. The van der Waals surface area contributed by atoms with Crippen molar-refractivity contribution in [2.24, 2.45) is 50.9 Å². The molecule has 2 aromatic carbocycles. The van der Waals surface area contributed by atoms with Crippen LogP contribution >= 0.6 is 0 Å². The van der Waals surface area contributed by atoms with E-state index in [-0.39, 0.29) is 17.1 Å². The Bertz CT molecular complexity index is 2560. The van der Waals surface area contributed by atoms with Gasteiger partial charge in [0.05, 0.1) is 16.7 Å². The molecule has 10 unspecified atom stereocenters. The number of fused-ring (bicyclic) bond motifs is 6. The van der Waals surface area contributed by atoms with Gasteiger partial charge < -0.3 is 9.80 Å². The topological polar surface area (TPSA) is 36.1 Å². The van der Waals surface area contributed by atoms with E-state index in [1.807, 2.05) is 0 Å². The van der Waals surface area contributed by atoms with Crippen molar-refractivity contribution in [3.8, 4) is 0 Å². The first-order chi connectivity index (χ1) is 29.7. The summed E-state index contributed by atoms with van der Waals surface area (Å²) in [5, 5.41) is 1.35. The van der Waals surface area contributed by atoms with E-state index in [4.69, 9.17) is 9.98 Å². The standard InChI is InChI=1S/C56H65N5/c1-35-21-25-40(26-22-35)53-58-54(57-52(59(53)5)39-16-7-6-8-17-39)60-46-20-12-11-19-44(46)48(50(60)43-18-10-9-15-36(43)2)49-51(45-33-37-23-27-41(45)31-37)61(47-34-38-24-28-42(47)32-38)56(4)30-14-13-29-55(49,56)3/h6-14,16-20,25,33,35-38,41-42,47,52H,15,21-24,26-32,34H2,1-5H3. The number of benzene rings is 2. The summed E-state index contributed by atoms with van der Waals surface area (Å²) >= 11 is 0. The van der Waals surface area contributed by atoms with Gasteiger partial charge in [0, 0.05) is 35.2 Å². The number of amidine groups is 1. The second-order valence-electron chi connectivity index (χ2n) is 21.3. The maximum absolute atomic E-state index is 5.77. The summed E-state index contributed by atoms with van der Waals surface area (Å²) in [6.45, 7) is 10.2. The van der Waals surface area contributed by atoms with Crippen molar-refractivity contribution >= 4 is 33.8 Å². The number of allylic oxidation sites excluding steroid dienone is 8. The molecule has 10 atom stereocenters. The monoisotopic (exact) mass is 808 g/mol. The zero-order valence-corrected chi connectivity index (χ0v) is 37.3. The number of nitrogens with zero attached hydrogens (tertiary/aromatic N) is 5. The second kappa shape index (κ2) is 14.2.